The number of hydrogen-bond donors (Lipinski definition) is 4. The van der Waals surface area contributed by atoms with Crippen LogP contribution < -0.4 is 0 Å². The predicted molar refractivity (Wildman–Crippen MR) is 131 cm³/mol. The van der Waals surface area contributed by atoms with Crippen molar-refractivity contribution in [2.24, 2.45) is 5.41 Å². The van der Waals surface area contributed by atoms with Crippen LogP contribution in [0.2, 0.25) is 0 Å². The van der Waals surface area contributed by atoms with Crippen molar-refractivity contribution in [3.8, 4) is 0 Å². The van der Waals surface area contributed by atoms with Crippen molar-refractivity contribution < 1.29 is 60.9 Å². The molecule has 0 amide bonds. The van der Waals surface area contributed by atoms with Gasteiger partial charge in [-0.3, -0.25) is 18.7 Å². The lowest BCUT2D eigenvalue weighted by Gasteiger charge is -2.27. The molecule has 0 aromatic heterocycles. The lowest BCUT2D eigenvalue weighted by Crippen LogP contribution is -2.38. The van der Waals surface area contributed by atoms with Crippen LogP contribution in [0.25, 0.3) is 0 Å². The highest BCUT2D eigenvalue weighted by Gasteiger charge is 2.55. The SMILES string of the molecule is O=C1c2ccccc2C(=O)C1(Cc1ccc(C(F)(F)P(=O)(O)O)cc1)Cc1ccc(C(F)(F)P(=O)(O)OO)cc1. The van der Waals surface area contributed by atoms with Crippen LogP contribution in [-0.2, 0) is 38.0 Å². The molecule has 0 aliphatic heterocycles. The Bertz CT molecular complexity index is 1530. The van der Waals surface area contributed by atoms with E-state index in [1.54, 1.807) is 0 Å². The van der Waals surface area contributed by atoms with E-state index < -0.39 is 54.6 Å². The number of carbonyl (C=O) groups excluding carboxylic acids is 2. The number of Topliss-reactive ketones (excluding diaryl/α,β-unsaturated/α-hetero) is 2. The second-order valence-electron chi connectivity index (χ2n) is 9.26. The lowest BCUT2D eigenvalue weighted by molar-refractivity contribution is -0.161. The Morgan fingerprint density at radius 3 is 1.40 bits per heavy atom. The summed E-state index contributed by atoms with van der Waals surface area (Å²) in [4.78, 5) is 54.4. The fourth-order valence-corrected chi connectivity index (χ4v) is 5.67. The van der Waals surface area contributed by atoms with E-state index in [-0.39, 0.29) is 35.1 Å². The fraction of sp³-hybridized carbons (Fsp3) is 0.200. The minimum atomic E-state index is -5.83. The summed E-state index contributed by atoms with van der Waals surface area (Å²) in [5.41, 5.74) is -12.2. The summed E-state index contributed by atoms with van der Waals surface area (Å²) in [6.45, 7) is 0. The normalized spacial score (nSPS) is 17.0. The third-order valence-electron chi connectivity index (χ3n) is 6.73. The van der Waals surface area contributed by atoms with Crippen LogP contribution in [-0.4, -0.2) is 31.5 Å². The van der Waals surface area contributed by atoms with Crippen LogP contribution >= 0.6 is 15.2 Å². The van der Waals surface area contributed by atoms with Gasteiger partial charge in [-0.15, -0.1) is 4.67 Å². The summed E-state index contributed by atoms with van der Waals surface area (Å²) in [5, 5.41) is 8.41. The molecule has 1 aliphatic rings. The van der Waals surface area contributed by atoms with Gasteiger partial charge < -0.3 is 14.7 Å². The van der Waals surface area contributed by atoms with Gasteiger partial charge in [0.05, 0.1) is 0 Å². The first-order valence-corrected chi connectivity index (χ1v) is 14.5. The molecule has 4 N–H and O–H groups in total. The summed E-state index contributed by atoms with van der Waals surface area (Å²) in [5.74, 6) is -1.22. The summed E-state index contributed by atoms with van der Waals surface area (Å²) in [6.07, 6.45) is -0.665. The van der Waals surface area contributed by atoms with Crippen molar-refractivity contribution in [1.29, 1.82) is 0 Å². The van der Waals surface area contributed by atoms with E-state index in [2.05, 4.69) is 4.67 Å². The average molecular weight is 602 g/mol. The van der Waals surface area contributed by atoms with Gasteiger partial charge in [0.2, 0.25) is 0 Å². The van der Waals surface area contributed by atoms with Crippen LogP contribution in [0.15, 0.2) is 72.8 Å². The van der Waals surface area contributed by atoms with Crippen molar-refractivity contribution in [3.05, 3.63) is 106 Å². The van der Waals surface area contributed by atoms with Gasteiger partial charge in [-0.25, -0.2) is 5.26 Å². The van der Waals surface area contributed by atoms with Crippen LogP contribution in [0, 0.1) is 5.41 Å². The van der Waals surface area contributed by atoms with Crippen molar-refractivity contribution in [3.63, 3.8) is 0 Å². The van der Waals surface area contributed by atoms with Gasteiger partial charge in [-0.05, 0) is 24.0 Å². The standard InChI is InChI=1S/C25H20F4O9P2/c26-24(27,39(33,34)35)17-9-5-15(6-10-17)13-23(21(30)19-3-1-2-4-20(19)22(23)31)14-16-7-11-18(12-8-16)25(28,29)40(36,37)38-32/h1-12,32H,13-14H2,(H,36,37)(H2,33,34,35). The molecule has 212 valence electrons. The third-order valence-corrected chi connectivity index (χ3v) is 8.91. The molecule has 0 radical (unpaired) electrons. The molecule has 0 saturated heterocycles. The molecule has 15 heteroatoms. The first kappa shape index (κ1) is 30.0. The molecule has 3 aromatic carbocycles. The maximum atomic E-state index is 14.3. The zero-order valence-electron chi connectivity index (χ0n) is 20.1. The van der Waals surface area contributed by atoms with Gasteiger partial charge in [-0.2, -0.15) is 17.6 Å². The predicted octanol–water partition coefficient (Wildman–Crippen LogP) is 5.49. The molecule has 40 heavy (non-hydrogen) atoms. The molecule has 1 unspecified atom stereocenters. The van der Waals surface area contributed by atoms with E-state index in [0.717, 1.165) is 48.5 Å². The average Bonchev–Trinajstić information content (AvgIpc) is 3.10. The van der Waals surface area contributed by atoms with Crippen LogP contribution in [0.5, 0.6) is 0 Å². The van der Waals surface area contributed by atoms with Gasteiger partial charge in [0, 0.05) is 22.3 Å². The topological polar surface area (TPSA) is 158 Å². The molecule has 3 aromatic rings. The Morgan fingerprint density at radius 2 is 1.05 bits per heavy atom. The zero-order valence-corrected chi connectivity index (χ0v) is 21.9. The van der Waals surface area contributed by atoms with E-state index in [4.69, 9.17) is 15.0 Å². The minimum Gasteiger partial charge on any atom is -0.320 e. The van der Waals surface area contributed by atoms with Gasteiger partial charge in [0.1, 0.15) is 5.41 Å². The number of alkyl halides is 4. The molecular formula is C25H20F4O9P2. The Morgan fingerprint density at radius 1 is 0.675 bits per heavy atom. The Labute approximate surface area is 223 Å². The van der Waals surface area contributed by atoms with E-state index in [1.807, 2.05) is 0 Å². The quantitative estimate of drug-likeness (QED) is 0.0817. The van der Waals surface area contributed by atoms with Crippen molar-refractivity contribution >= 4 is 26.8 Å². The number of ketones is 2. The molecule has 9 nitrogen and oxygen atoms in total. The van der Waals surface area contributed by atoms with Crippen LogP contribution in [0.1, 0.15) is 43.0 Å². The van der Waals surface area contributed by atoms with Crippen LogP contribution in [0.3, 0.4) is 0 Å². The molecule has 0 spiro atoms. The number of hydrogen-bond acceptors (Lipinski definition) is 6. The molecular weight excluding hydrogens is 582 g/mol. The zero-order chi connectivity index (χ0) is 29.7. The Hall–Kier alpha value is -3.02. The second kappa shape index (κ2) is 10.1. The molecule has 0 heterocycles. The van der Waals surface area contributed by atoms with E-state index in [1.165, 1.54) is 24.3 Å². The van der Waals surface area contributed by atoms with Gasteiger partial charge >= 0.3 is 26.5 Å². The number of benzene rings is 3. The smallest absolute Gasteiger partial charge is 0.320 e. The second-order valence-corrected chi connectivity index (χ2v) is 12.7. The molecule has 1 aliphatic carbocycles. The maximum Gasteiger partial charge on any atom is 0.428 e. The molecule has 1 atom stereocenters. The first-order valence-electron chi connectivity index (χ1n) is 11.3. The highest BCUT2D eigenvalue weighted by Crippen LogP contribution is 2.62. The van der Waals surface area contributed by atoms with Crippen molar-refractivity contribution in [1.82, 2.24) is 0 Å². The van der Waals surface area contributed by atoms with Crippen molar-refractivity contribution in [2.45, 2.75) is 24.2 Å². The Kier molecular flexibility index (Phi) is 7.57. The monoisotopic (exact) mass is 602 g/mol. The molecule has 4 rings (SSSR count). The largest absolute Gasteiger partial charge is 0.428 e. The minimum absolute atomic E-state index is 0.0987. The first-order chi connectivity index (χ1) is 18.5. The highest BCUT2D eigenvalue weighted by molar-refractivity contribution is 7.53. The number of rotatable bonds is 9. The van der Waals surface area contributed by atoms with E-state index >= 15 is 0 Å². The van der Waals surface area contributed by atoms with Crippen molar-refractivity contribution in [2.75, 3.05) is 0 Å². The summed E-state index contributed by atoms with van der Waals surface area (Å²) in [7, 11) is -11.6. The Balaban J connectivity index is 1.73. The van der Waals surface area contributed by atoms with E-state index in [0.29, 0.717) is 0 Å². The maximum absolute atomic E-state index is 14.3. The molecule has 0 fully saturated rings. The van der Waals surface area contributed by atoms with E-state index in [9.17, 15) is 41.2 Å². The number of fused-ring (bicyclic) bond motifs is 1. The summed E-state index contributed by atoms with van der Waals surface area (Å²) < 4.78 is 82.6. The van der Waals surface area contributed by atoms with Gasteiger partial charge in [0.15, 0.2) is 11.6 Å². The fourth-order valence-electron chi connectivity index (χ4n) is 4.61. The molecule has 0 saturated carbocycles. The summed E-state index contributed by atoms with van der Waals surface area (Å²) in [6, 6.07) is 13.4. The highest BCUT2D eigenvalue weighted by atomic mass is 31.2. The number of halogens is 4. The van der Waals surface area contributed by atoms with Gasteiger partial charge in [-0.1, -0.05) is 72.8 Å². The molecule has 0 bridgehead atoms. The lowest BCUT2D eigenvalue weighted by atomic mass is 9.72. The van der Waals surface area contributed by atoms with Gasteiger partial charge in [0.25, 0.3) is 0 Å². The third kappa shape index (κ3) is 4.88. The van der Waals surface area contributed by atoms with Crippen LogP contribution in [0.4, 0.5) is 17.6 Å². The summed E-state index contributed by atoms with van der Waals surface area (Å²) >= 11 is 0. The number of carbonyl (C=O) groups is 2.